The lowest BCUT2D eigenvalue weighted by molar-refractivity contribution is 0.363. The van der Waals surface area contributed by atoms with E-state index < -0.39 is 0 Å². The minimum atomic E-state index is -0.0484. The Hall–Kier alpha value is -2.24. The first-order chi connectivity index (χ1) is 9.66. The van der Waals surface area contributed by atoms with Crippen molar-refractivity contribution in [1.29, 1.82) is 0 Å². The molecule has 1 atom stereocenters. The minimum absolute atomic E-state index is 0.0484. The molecule has 0 saturated heterocycles. The Morgan fingerprint density at radius 3 is 2.60 bits per heavy atom. The van der Waals surface area contributed by atoms with Crippen molar-refractivity contribution < 1.29 is 4.74 Å². The van der Waals surface area contributed by atoms with Gasteiger partial charge in [0.2, 0.25) is 0 Å². The fraction of sp³-hybridized carbons (Fsp3) is 0.222. The van der Waals surface area contributed by atoms with Crippen molar-refractivity contribution in [2.75, 3.05) is 6.61 Å². The third-order valence-corrected chi connectivity index (χ3v) is 2.97. The average Bonchev–Trinajstić information content (AvgIpc) is 2.44. The summed E-state index contributed by atoms with van der Waals surface area (Å²) in [6.45, 7) is 4.35. The molecular formula is C18H19NO. The fourth-order valence-electron chi connectivity index (χ4n) is 1.92. The molecule has 0 saturated carbocycles. The summed E-state index contributed by atoms with van der Waals surface area (Å²) in [5.74, 6) is 6.92. The molecule has 0 aliphatic rings. The van der Waals surface area contributed by atoms with Gasteiger partial charge >= 0.3 is 0 Å². The maximum atomic E-state index is 5.94. The van der Waals surface area contributed by atoms with Gasteiger partial charge in [-0.2, -0.15) is 0 Å². The Morgan fingerprint density at radius 1 is 1.15 bits per heavy atom. The molecule has 0 amide bonds. The van der Waals surface area contributed by atoms with Gasteiger partial charge < -0.3 is 10.5 Å². The molecule has 0 heterocycles. The molecule has 0 aliphatic carbocycles. The molecule has 2 N–H and O–H groups in total. The molecule has 2 heteroatoms. The number of hydrogen-bond acceptors (Lipinski definition) is 2. The standard InChI is InChI=1S/C18H19NO/c1-14-10-11-17(15(2)19)18(13-14)20-12-6-9-16-7-4-3-5-8-16/h3-5,7-8,10-11,13,15H,12,19H2,1-2H3. The molecule has 0 bridgehead atoms. The van der Waals surface area contributed by atoms with E-state index in [1.807, 2.05) is 62.4 Å². The lowest BCUT2D eigenvalue weighted by atomic mass is 10.1. The smallest absolute Gasteiger partial charge is 0.149 e. The summed E-state index contributed by atoms with van der Waals surface area (Å²) >= 11 is 0. The van der Waals surface area contributed by atoms with Gasteiger partial charge in [-0.3, -0.25) is 0 Å². The van der Waals surface area contributed by atoms with E-state index in [0.717, 1.165) is 22.4 Å². The first kappa shape index (κ1) is 14.2. The van der Waals surface area contributed by atoms with Crippen LogP contribution in [0.1, 0.15) is 29.7 Å². The minimum Gasteiger partial charge on any atom is -0.481 e. The van der Waals surface area contributed by atoms with E-state index in [4.69, 9.17) is 10.5 Å². The van der Waals surface area contributed by atoms with Gasteiger partial charge in [-0.25, -0.2) is 0 Å². The Labute approximate surface area is 120 Å². The molecule has 0 aromatic heterocycles. The van der Waals surface area contributed by atoms with E-state index in [9.17, 15) is 0 Å². The molecular weight excluding hydrogens is 246 g/mol. The van der Waals surface area contributed by atoms with Gasteiger partial charge in [0.1, 0.15) is 12.4 Å². The molecule has 0 spiro atoms. The number of aryl methyl sites for hydroxylation is 1. The van der Waals surface area contributed by atoms with Crippen LogP contribution < -0.4 is 10.5 Å². The summed E-state index contributed by atoms with van der Waals surface area (Å²) < 4.78 is 5.75. The highest BCUT2D eigenvalue weighted by Crippen LogP contribution is 2.24. The monoisotopic (exact) mass is 265 g/mol. The quantitative estimate of drug-likeness (QED) is 0.863. The molecule has 0 fully saturated rings. The van der Waals surface area contributed by atoms with Crippen molar-refractivity contribution in [2.45, 2.75) is 19.9 Å². The summed E-state index contributed by atoms with van der Waals surface area (Å²) in [6.07, 6.45) is 0. The maximum Gasteiger partial charge on any atom is 0.149 e. The summed E-state index contributed by atoms with van der Waals surface area (Å²) in [4.78, 5) is 0. The molecule has 0 radical (unpaired) electrons. The second kappa shape index (κ2) is 6.79. The predicted molar refractivity (Wildman–Crippen MR) is 82.6 cm³/mol. The Balaban J connectivity index is 2.05. The largest absolute Gasteiger partial charge is 0.481 e. The van der Waals surface area contributed by atoms with Crippen LogP contribution >= 0.6 is 0 Å². The highest BCUT2D eigenvalue weighted by atomic mass is 16.5. The molecule has 2 aromatic carbocycles. The van der Waals surface area contributed by atoms with E-state index in [1.165, 1.54) is 0 Å². The molecule has 20 heavy (non-hydrogen) atoms. The molecule has 2 nitrogen and oxygen atoms in total. The van der Waals surface area contributed by atoms with Crippen LogP contribution in [0, 0.1) is 18.8 Å². The Kier molecular flexibility index (Phi) is 4.81. The van der Waals surface area contributed by atoms with Crippen molar-refractivity contribution in [3.8, 4) is 17.6 Å². The van der Waals surface area contributed by atoms with Gasteiger partial charge in [0.25, 0.3) is 0 Å². The van der Waals surface area contributed by atoms with Gasteiger partial charge in [0.15, 0.2) is 0 Å². The van der Waals surface area contributed by atoms with Crippen molar-refractivity contribution in [3.05, 3.63) is 65.2 Å². The Bertz CT molecular complexity index is 621. The summed E-state index contributed by atoms with van der Waals surface area (Å²) in [5.41, 5.74) is 9.10. The van der Waals surface area contributed by atoms with Crippen LogP contribution in [0.2, 0.25) is 0 Å². The second-order valence-electron chi connectivity index (χ2n) is 4.79. The first-order valence-corrected chi connectivity index (χ1v) is 6.69. The van der Waals surface area contributed by atoms with Crippen LogP contribution in [0.3, 0.4) is 0 Å². The fourth-order valence-corrected chi connectivity index (χ4v) is 1.92. The van der Waals surface area contributed by atoms with Gasteiger partial charge in [0.05, 0.1) is 0 Å². The molecule has 2 aromatic rings. The zero-order valence-electron chi connectivity index (χ0n) is 11.9. The topological polar surface area (TPSA) is 35.2 Å². The zero-order valence-corrected chi connectivity index (χ0v) is 11.9. The van der Waals surface area contributed by atoms with Crippen molar-refractivity contribution in [1.82, 2.24) is 0 Å². The van der Waals surface area contributed by atoms with Crippen LogP contribution in [-0.2, 0) is 0 Å². The van der Waals surface area contributed by atoms with Gasteiger partial charge in [-0.05, 0) is 37.6 Å². The zero-order chi connectivity index (χ0) is 14.4. The third kappa shape index (κ3) is 3.88. The average molecular weight is 265 g/mol. The van der Waals surface area contributed by atoms with Crippen molar-refractivity contribution in [3.63, 3.8) is 0 Å². The normalized spacial score (nSPS) is 11.3. The van der Waals surface area contributed by atoms with E-state index in [0.29, 0.717) is 6.61 Å². The SMILES string of the molecule is Cc1ccc(C(C)N)c(OCC#Cc2ccccc2)c1. The highest BCUT2D eigenvalue weighted by molar-refractivity contribution is 5.39. The van der Waals surface area contributed by atoms with Gasteiger partial charge in [-0.15, -0.1) is 0 Å². The number of nitrogens with two attached hydrogens (primary N) is 1. The highest BCUT2D eigenvalue weighted by Gasteiger charge is 2.07. The molecule has 2 rings (SSSR count). The molecule has 0 aliphatic heterocycles. The van der Waals surface area contributed by atoms with E-state index >= 15 is 0 Å². The van der Waals surface area contributed by atoms with Crippen LogP contribution in [0.4, 0.5) is 0 Å². The Morgan fingerprint density at radius 2 is 1.90 bits per heavy atom. The summed E-state index contributed by atoms with van der Waals surface area (Å²) in [5, 5.41) is 0. The van der Waals surface area contributed by atoms with E-state index in [-0.39, 0.29) is 6.04 Å². The van der Waals surface area contributed by atoms with Gasteiger partial charge in [-0.1, -0.05) is 42.2 Å². The van der Waals surface area contributed by atoms with Crippen LogP contribution in [-0.4, -0.2) is 6.61 Å². The lowest BCUT2D eigenvalue weighted by Gasteiger charge is -2.13. The maximum absolute atomic E-state index is 5.94. The first-order valence-electron chi connectivity index (χ1n) is 6.69. The van der Waals surface area contributed by atoms with Gasteiger partial charge in [0, 0.05) is 17.2 Å². The number of hydrogen-bond donors (Lipinski definition) is 1. The van der Waals surface area contributed by atoms with Crippen LogP contribution in [0.25, 0.3) is 0 Å². The van der Waals surface area contributed by atoms with Crippen molar-refractivity contribution >= 4 is 0 Å². The lowest BCUT2D eigenvalue weighted by Crippen LogP contribution is -2.08. The summed E-state index contributed by atoms with van der Waals surface area (Å²) in [6, 6.07) is 15.9. The van der Waals surface area contributed by atoms with E-state index in [1.54, 1.807) is 0 Å². The molecule has 1 unspecified atom stereocenters. The van der Waals surface area contributed by atoms with Crippen LogP contribution in [0.15, 0.2) is 48.5 Å². The number of benzene rings is 2. The number of ether oxygens (including phenoxy) is 1. The van der Waals surface area contributed by atoms with Crippen molar-refractivity contribution in [2.24, 2.45) is 5.73 Å². The summed E-state index contributed by atoms with van der Waals surface area (Å²) in [7, 11) is 0. The predicted octanol–water partition coefficient (Wildman–Crippen LogP) is 3.45. The molecule has 102 valence electrons. The van der Waals surface area contributed by atoms with Crippen LogP contribution in [0.5, 0.6) is 5.75 Å². The third-order valence-electron chi connectivity index (χ3n) is 2.97. The second-order valence-corrected chi connectivity index (χ2v) is 4.79. The van der Waals surface area contributed by atoms with E-state index in [2.05, 4.69) is 11.8 Å². The number of rotatable bonds is 3.